The number of halogens is 2. The Bertz CT molecular complexity index is 1060. The van der Waals surface area contributed by atoms with E-state index in [4.69, 9.17) is 11.6 Å². The van der Waals surface area contributed by atoms with Crippen LogP contribution in [0.1, 0.15) is 10.4 Å². The van der Waals surface area contributed by atoms with Gasteiger partial charge in [-0.05, 0) is 48.2 Å². The fourth-order valence-corrected chi connectivity index (χ4v) is 4.22. The maximum atomic E-state index is 13.2. The van der Waals surface area contributed by atoms with E-state index in [1.165, 1.54) is 36.6 Å². The number of nitrogens with one attached hydrogen (secondary N) is 1. The van der Waals surface area contributed by atoms with Crippen LogP contribution in [-0.4, -0.2) is 31.4 Å². The van der Waals surface area contributed by atoms with Crippen LogP contribution >= 0.6 is 22.9 Å². The van der Waals surface area contributed by atoms with E-state index in [9.17, 15) is 17.6 Å². The molecule has 1 aliphatic heterocycles. The highest BCUT2D eigenvalue weighted by molar-refractivity contribution is 7.88. The van der Waals surface area contributed by atoms with Crippen molar-refractivity contribution in [1.29, 1.82) is 0 Å². The number of amides is 1. The van der Waals surface area contributed by atoms with Crippen molar-refractivity contribution in [2.75, 3.05) is 12.4 Å². The number of allylic oxidation sites excluding steroid dienone is 1. The summed E-state index contributed by atoms with van der Waals surface area (Å²) in [7, 11) is -2.80. The predicted molar refractivity (Wildman–Crippen MR) is 100 cm³/mol. The first-order chi connectivity index (χ1) is 12.2. The molecule has 0 radical (unpaired) electrons. The van der Waals surface area contributed by atoms with Crippen LogP contribution in [0.2, 0.25) is 5.02 Å². The van der Waals surface area contributed by atoms with Gasteiger partial charge in [-0.1, -0.05) is 11.6 Å². The molecule has 0 atom stereocenters. The number of carbonyl (C=O) groups excluding carboxylic acids is 1. The van der Waals surface area contributed by atoms with Gasteiger partial charge in [-0.2, -0.15) is 8.42 Å². The number of likely N-dealkylation sites (N-methyl/N-ethyl adjacent to an activating group) is 1. The van der Waals surface area contributed by atoms with Crippen molar-refractivity contribution in [3.63, 3.8) is 0 Å². The van der Waals surface area contributed by atoms with E-state index in [0.29, 0.717) is 4.88 Å². The molecule has 1 amide bonds. The molecular formula is C16H13ClFN3O3S2. The maximum Gasteiger partial charge on any atom is 0.345 e. The molecule has 0 aliphatic carbocycles. The zero-order valence-corrected chi connectivity index (χ0v) is 16.0. The summed E-state index contributed by atoms with van der Waals surface area (Å²) < 4.78 is 42.3. The normalized spacial score (nSPS) is 16.1. The lowest BCUT2D eigenvalue weighted by Crippen LogP contribution is -2.35. The lowest BCUT2D eigenvalue weighted by atomic mass is 10.2. The standard InChI is InChI=1S/C16H13ClFN3O3S2/c1-9-5-15(25-8-9)13-7-14(21(2)26(23,24)20-13)16(22)19-10-3-4-12(18)11(17)6-10/h3-8H,1-2H3,(H,19,22). The van der Waals surface area contributed by atoms with Gasteiger partial charge >= 0.3 is 10.2 Å². The summed E-state index contributed by atoms with van der Waals surface area (Å²) >= 11 is 7.03. The summed E-state index contributed by atoms with van der Waals surface area (Å²) in [4.78, 5) is 13.2. The Morgan fingerprint density at radius 1 is 1.35 bits per heavy atom. The number of thiophene rings is 1. The van der Waals surface area contributed by atoms with Crippen molar-refractivity contribution in [2.45, 2.75) is 6.92 Å². The van der Waals surface area contributed by atoms with Gasteiger partial charge in [0.05, 0.1) is 15.6 Å². The van der Waals surface area contributed by atoms with E-state index in [1.54, 1.807) is 6.07 Å². The van der Waals surface area contributed by atoms with Gasteiger partial charge in [0.15, 0.2) is 0 Å². The zero-order chi connectivity index (χ0) is 19.1. The van der Waals surface area contributed by atoms with Gasteiger partial charge in [0.25, 0.3) is 5.91 Å². The third-order valence-electron chi connectivity index (χ3n) is 3.57. The summed E-state index contributed by atoms with van der Waals surface area (Å²) in [6, 6.07) is 5.46. The minimum atomic E-state index is -4.04. The Balaban J connectivity index is 1.95. The SMILES string of the molecule is Cc1csc(C2=NS(=O)(=O)N(C)C(C(=O)Nc3ccc(F)c(Cl)c3)=C2)c1. The fraction of sp³-hybridized carbons (Fsp3) is 0.125. The van der Waals surface area contributed by atoms with Crippen LogP contribution in [-0.2, 0) is 15.0 Å². The van der Waals surface area contributed by atoms with E-state index in [-0.39, 0.29) is 22.1 Å². The van der Waals surface area contributed by atoms with Gasteiger partial charge in [-0.25, -0.2) is 8.70 Å². The van der Waals surface area contributed by atoms with Crippen molar-refractivity contribution >= 4 is 50.5 Å². The maximum absolute atomic E-state index is 13.2. The quantitative estimate of drug-likeness (QED) is 0.838. The lowest BCUT2D eigenvalue weighted by Gasteiger charge is -2.23. The number of rotatable bonds is 3. The third kappa shape index (κ3) is 3.64. The van der Waals surface area contributed by atoms with E-state index in [2.05, 4.69) is 9.71 Å². The molecule has 2 heterocycles. The first kappa shape index (κ1) is 18.6. The van der Waals surface area contributed by atoms with Gasteiger partial charge in [0.2, 0.25) is 0 Å². The second-order valence-corrected chi connectivity index (χ2v) is 8.47. The average molecular weight is 414 g/mol. The number of hydrogen-bond acceptors (Lipinski definition) is 4. The van der Waals surface area contributed by atoms with Crippen molar-refractivity contribution in [2.24, 2.45) is 4.40 Å². The molecule has 26 heavy (non-hydrogen) atoms. The van der Waals surface area contributed by atoms with Gasteiger partial charge in [0, 0.05) is 12.7 Å². The van der Waals surface area contributed by atoms with Gasteiger partial charge < -0.3 is 5.32 Å². The second kappa shape index (κ2) is 6.82. The number of benzene rings is 1. The van der Waals surface area contributed by atoms with Crippen LogP contribution < -0.4 is 5.32 Å². The smallest absolute Gasteiger partial charge is 0.321 e. The molecule has 0 fully saturated rings. The highest BCUT2D eigenvalue weighted by atomic mass is 35.5. The molecule has 1 aromatic carbocycles. The van der Waals surface area contributed by atoms with Crippen LogP contribution in [0.5, 0.6) is 0 Å². The Labute approximate surface area is 158 Å². The van der Waals surface area contributed by atoms with Crippen LogP contribution in [0.15, 0.2) is 45.8 Å². The summed E-state index contributed by atoms with van der Waals surface area (Å²) in [6.07, 6.45) is 1.40. The van der Waals surface area contributed by atoms with E-state index >= 15 is 0 Å². The molecule has 136 valence electrons. The monoisotopic (exact) mass is 413 g/mol. The molecule has 0 unspecified atom stereocenters. The van der Waals surface area contributed by atoms with Crippen molar-refractivity contribution in [3.05, 3.63) is 62.7 Å². The first-order valence-corrected chi connectivity index (χ1v) is 9.95. The van der Waals surface area contributed by atoms with E-state index in [0.717, 1.165) is 15.9 Å². The molecule has 1 N–H and O–H groups in total. The molecule has 1 aliphatic rings. The second-order valence-electron chi connectivity index (χ2n) is 5.52. The van der Waals surface area contributed by atoms with Gasteiger partial charge in [0.1, 0.15) is 11.5 Å². The largest absolute Gasteiger partial charge is 0.345 e. The summed E-state index contributed by atoms with van der Waals surface area (Å²) in [5.74, 6) is -1.30. The first-order valence-electron chi connectivity index (χ1n) is 7.30. The topological polar surface area (TPSA) is 78.8 Å². The number of carbonyl (C=O) groups is 1. The Kier molecular flexibility index (Phi) is 4.87. The number of nitrogens with zero attached hydrogens (tertiary/aromatic N) is 2. The number of anilines is 1. The predicted octanol–water partition coefficient (Wildman–Crippen LogP) is 3.35. The summed E-state index contributed by atoms with van der Waals surface area (Å²) in [6.45, 7) is 1.87. The summed E-state index contributed by atoms with van der Waals surface area (Å²) in [5.41, 5.74) is 1.28. The Morgan fingerprint density at radius 3 is 2.69 bits per heavy atom. The van der Waals surface area contributed by atoms with Crippen molar-refractivity contribution < 1.29 is 17.6 Å². The minimum absolute atomic E-state index is 0.110. The van der Waals surface area contributed by atoms with Crippen LogP contribution in [0.25, 0.3) is 0 Å². The Hall–Kier alpha value is -2.23. The van der Waals surface area contributed by atoms with E-state index in [1.807, 2.05) is 12.3 Å². The number of hydrogen-bond donors (Lipinski definition) is 1. The van der Waals surface area contributed by atoms with Crippen molar-refractivity contribution in [3.8, 4) is 0 Å². The third-order valence-corrected chi connectivity index (χ3v) is 6.24. The molecule has 6 nitrogen and oxygen atoms in total. The summed E-state index contributed by atoms with van der Waals surface area (Å²) in [5, 5.41) is 4.21. The molecule has 0 spiro atoms. The molecule has 3 rings (SSSR count). The molecule has 2 aromatic rings. The van der Waals surface area contributed by atoms with Crippen molar-refractivity contribution in [1.82, 2.24) is 4.31 Å². The van der Waals surface area contributed by atoms with Crippen LogP contribution in [0.3, 0.4) is 0 Å². The number of aryl methyl sites for hydroxylation is 1. The van der Waals surface area contributed by atoms with Crippen LogP contribution in [0.4, 0.5) is 10.1 Å². The fourth-order valence-electron chi connectivity index (χ4n) is 2.22. The molecule has 10 heteroatoms. The van der Waals surface area contributed by atoms with Gasteiger partial charge in [-0.15, -0.1) is 15.7 Å². The highest BCUT2D eigenvalue weighted by Crippen LogP contribution is 2.25. The molecule has 1 aromatic heterocycles. The average Bonchev–Trinajstić information content (AvgIpc) is 2.99. The van der Waals surface area contributed by atoms with Crippen LogP contribution in [0, 0.1) is 12.7 Å². The Morgan fingerprint density at radius 2 is 2.08 bits per heavy atom. The molecular weight excluding hydrogens is 401 g/mol. The highest BCUT2D eigenvalue weighted by Gasteiger charge is 2.30. The molecule has 0 bridgehead atoms. The molecule has 0 saturated heterocycles. The molecule has 0 saturated carbocycles. The lowest BCUT2D eigenvalue weighted by molar-refractivity contribution is -0.113. The minimum Gasteiger partial charge on any atom is -0.321 e. The van der Waals surface area contributed by atoms with E-state index < -0.39 is 21.9 Å². The van der Waals surface area contributed by atoms with Gasteiger partial charge in [-0.3, -0.25) is 4.79 Å². The zero-order valence-electron chi connectivity index (χ0n) is 13.7.